The summed E-state index contributed by atoms with van der Waals surface area (Å²) >= 11 is 0. The van der Waals surface area contributed by atoms with E-state index in [0.29, 0.717) is 0 Å². The molecule has 8 heteroatoms. The first-order valence-corrected chi connectivity index (χ1v) is 9.74. The van der Waals surface area contributed by atoms with Gasteiger partial charge in [-0.3, -0.25) is 0 Å². The second-order valence-corrected chi connectivity index (χ2v) is 6.81. The minimum absolute atomic E-state index is 0.0493. The van der Waals surface area contributed by atoms with E-state index >= 15 is 0 Å². The van der Waals surface area contributed by atoms with E-state index in [-0.39, 0.29) is 17.7 Å². The number of rotatable bonds is 8. The van der Waals surface area contributed by atoms with E-state index in [1.54, 1.807) is 60.7 Å². The van der Waals surface area contributed by atoms with Crippen LogP contribution in [0.4, 0.5) is 0 Å². The monoisotopic (exact) mass is 428 g/mol. The predicted octanol–water partition coefficient (Wildman–Crippen LogP) is 1.72. The molecule has 31 heavy (non-hydrogen) atoms. The van der Waals surface area contributed by atoms with Gasteiger partial charge < -0.3 is 29.2 Å². The molecule has 0 aliphatic carbocycles. The largest absolute Gasteiger partial charge is 0.452 e. The van der Waals surface area contributed by atoms with Crippen LogP contribution in [0.15, 0.2) is 73.3 Å². The smallest absolute Gasteiger partial charge is 0.338 e. The fourth-order valence-electron chi connectivity index (χ4n) is 3.15. The number of carbonyl (C=O) groups excluding carboxylic acids is 2. The van der Waals surface area contributed by atoms with Gasteiger partial charge in [0.05, 0.1) is 24.3 Å². The third-order valence-electron chi connectivity index (χ3n) is 4.68. The highest BCUT2D eigenvalue weighted by atomic mass is 16.7. The molecular weight excluding hydrogens is 404 g/mol. The van der Waals surface area contributed by atoms with E-state index in [1.165, 1.54) is 6.08 Å². The minimum Gasteiger partial charge on any atom is -0.452 e. The Balaban J connectivity index is 1.86. The van der Waals surface area contributed by atoms with Crippen LogP contribution in [0.3, 0.4) is 0 Å². The first-order chi connectivity index (χ1) is 15.0. The molecule has 1 fully saturated rings. The molecule has 2 N–H and O–H groups in total. The summed E-state index contributed by atoms with van der Waals surface area (Å²) in [5, 5.41) is 20.6. The van der Waals surface area contributed by atoms with Gasteiger partial charge in [-0.15, -0.1) is 6.58 Å². The van der Waals surface area contributed by atoms with Crippen molar-refractivity contribution in [2.24, 2.45) is 0 Å². The van der Waals surface area contributed by atoms with Crippen molar-refractivity contribution < 1.29 is 38.7 Å². The molecule has 164 valence electrons. The summed E-state index contributed by atoms with van der Waals surface area (Å²) in [4.78, 5) is 25.3. The van der Waals surface area contributed by atoms with Crippen molar-refractivity contribution in [2.75, 3.05) is 13.2 Å². The maximum Gasteiger partial charge on any atom is 0.338 e. The van der Waals surface area contributed by atoms with Crippen LogP contribution in [-0.2, 0) is 18.9 Å². The summed E-state index contributed by atoms with van der Waals surface area (Å²) in [6.45, 7) is 3.02. The Morgan fingerprint density at radius 1 is 0.935 bits per heavy atom. The van der Waals surface area contributed by atoms with Gasteiger partial charge in [-0.1, -0.05) is 42.5 Å². The fraction of sp³-hybridized carbons (Fsp3) is 0.304. The molecule has 1 saturated heterocycles. The van der Waals surface area contributed by atoms with Crippen molar-refractivity contribution in [1.29, 1.82) is 0 Å². The standard InChI is InChI=1S/C23H24O8/c1-2-13-28-23-18(25)20(31-22(27)16-11-7-4-8-12-16)19(17(14-24)29-23)30-21(26)15-9-5-3-6-10-15/h2-12,17-20,23-25H,1,13-14H2/t17-,18+,19-,20-,23+/m1/s1. The van der Waals surface area contributed by atoms with Crippen molar-refractivity contribution in [3.8, 4) is 0 Å². The lowest BCUT2D eigenvalue weighted by Gasteiger charge is -2.42. The SMILES string of the molecule is C=CCO[C@H]1O[C@H](CO)[C@@H](OC(=O)c2ccccc2)[C@H](OC(=O)c2ccccc2)[C@@H]1O. The van der Waals surface area contributed by atoms with Gasteiger partial charge in [0, 0.05) is 0 Å². The summed E-state index contributed by atoms with van der Waals surface area (Å²) in [6, 6.07) is 16.3. The van der Waals surface area contributed by atoms with Crippen LogP contribution in [0.1, 0.15) is 20.7 Å². The van der Waals surface area contributed by atoms with Crippen molar-refractivity contribution in [1.82, 2.24) is 0 Å². The Hall–Kier alpha value is -3.04. The number of hydrogen-bond donors (Lipinski definition) is 2. The fourth-order valence-corrected chi connectivity index (χ4v) is 3.15. The topological polar surface area (TPSA) is 112 Å². The van der Waals surface area contributed by atoms with Crippen LogP contribution >= 0.6 is 0 Å². The Kier molecular flexibility index (Phi) is 7.91. The molecule has 2 aromatic rings. The first-order valence-electron chi connectivity index (χ1n) is 9.74. The van der Waals surface area contributed by atoms with E-state index in [4.69, 9.17) is 18.9 Å². The molecule has 8 nitrogen and oxygen atoms in total. The number of hydrogen-bond acceptors (Lipinski definition) is 8. The normalized spacial score (nSPS) is 25.4. The zero-order chi connectivity index (χ0) is 22.2. The van der Waals surface area contributed by atoms with Gasteiger partial charge in [0.25, 0.3) is 0 Å². The van der Waals surface area contributed by atoms with Gasteiger partial charge in [0.1, 0.15) is 12.2 Å². The van der Waals surface area contributed by atoms with Crippen LogP contribution in [0.25, 0.3) is 0 Å². The minimum atomic E-state index is -1.48. The quantitative estimate of drug-likeness (QED) is 0.483. The average molecular weight is 428 g/mol. The van der Waals surface area contributed by atoms with Crippen molar-refractivity contribution in [3.05, 3.63) is 84.4 Å². The average Bonchev–Trinajstić information content (AvgIpc) is 2.81. The summed E-state index contributed by atoms with van der Waals surface area (Å²) in [5.74, 6) is -1.45. The highest BCUT2D eigenvalue weighted by Crippen LogP contribution is 2.28. The molecule has 1 heterocycles. The van der Waals surface area contributed by atoms with Crippen LogP contribution in [0.2, 0.25) is 0 Å². The summed E-state index contributed by atoms with van der Waals surface area (Å²) in [5.41, 5.74) is 0.505. The first kappa shape index (κ1) is 22.6. The van der Waals surface area contributed by atoms with Gasteiger partial charge >= 0.3 is 11.9 Å². The van der Waals surface area contributed by atoms with Crippen molar-refractivity contribution in [2.45, 2.75) is 30.7 Å². The van der Waals surface area contributed by atoms with Crippen LogP contribution in [0, 0.1) is 0 Å². The third-order valence-corrected chi connectivity index (χ3v) is 4.68. The number of aliphatic hydroxyl groups excluding tert-OH is 2. The zero-order valence-corrected chi connectivity index (χ0v) is 16.7. The molecule has 5 atom stereocenters. The molecule has 0 saturated carbocycles. The molecule has 0 bridgehead atoms. The van der Waals surface area contributed by atoms with Gasteiger partial charge in [-0.2, -0.15) is 0 Å². The Morgan fingerprint density at radius 2 is 1.45 bits per heavy atom. The van der Waals surface area contributed by atoms with E-state index in [2.05, 4.69) is 6.58 Å². The maximum absolute atomic E-state index is 12.6. The third kappa shape index (κ3) is 5.56. The van der Waals surface area contributed by atoms with Crippen LogP contribution in [-0.4, -0.2) is 66.1 Å². The van der Waals surface area contributed by atoms with Gasteiger partial charge in [-0.25, -0.2) is 9.59 Å². The lowest BCUT2D eigenvalue weighted by molar-refractivity contribution is -0.297. The van der Waals surface area contributed by atoms with Gasteiger partial charge in [0.15, 0.2) is 18.5 Å². The van der Waals surface area contributed by atoms with Crippen LogP contribution < -0.4 is 0 Å². The molecule has 0 unspecified atom stereocenters. The Bertz CT molecular complexity index is 870. The van der Waals surface area contributed by atoms with E-state index < -0.39 is 49.3 Å². The maximum atomic E-state index is 12.6. The lowest BCUT2D eigenvalue weighted by Crippen LogP contribution is -2.61. The van der Waals surface area contributed by atoms with E-state index in [0.717, 1.165) is 0 Å². The molecule has 0 amide bonds. The Morgan fingerprint density at radius 3 is 1.94 bits per heavy atom. The highest BCUT2D eigenvalue weighted by Gasteiger charge is 2.50. The van der Waals surface area contributed by atoms with Gasteiger partial charge in [0.2, 0.25) is 0 Å². The lowest BCUT2D eigenvalue weighted by atomic mass is 9.98. The molecule has 1 aliphatic heterocycles. The van der Waals surface area contributed by atoms with Crippen LogP contribution in [0.5, 0.6) is 0 Å². The number of benzene rings is 2. The predicted molar refractivity (Wildman–Crippen MR) is 109 cm³/mol. The molecule has 0 radical (unpaired) electrons. The molecule has 3 rings (SSSR count). The molecular formula is C23H24O8. The van der Waals surface area contributed by atoms with Gasteiger partial charge in [-0.05, 0) is 24.3 Å². The summed E-state index contributed by atoms with van der Waals surface area (Å²) in [6.07, 6.45) is -4.97. The van der Waals surface area contributed by atoms with Crippen molar-refractivity contribution >= 4 is 11.9 Å². The molecule has 2 aromatic carbocycles. The van der Waals surface area contributed by atoms with Crippen molar-refractivity contribution in [3.63, 3.8) is 0 Å². The zero-order valence-electron chi connectivity index (χ0n) is 16.7. The molecule has 1 aliphatic rings. The Labute approximate surface area is 179 Å². The molecule has 0 aromatic heterocycles. The summed E-state index contributed by atoms with van der Waals surface area (Å²) < 4.78 is 22.0. The number of aliphatic hydroxyl groups is 2. The number of carbonyl (C=O) groups is 2. The second kappa shape index (κ2) is 10.8. The number of esters is 2. The summed E-state index contributed by atoms with van der Waals surface area (Å²) in [7, 11) is 0. The van der Waals surface area contributed by atoms with E-state index in [1.807, 2.05) is 0 Å². The second-order valence-electron chi connectivity index (χ2n) is 6.81. The number of ether oxygens (including phenoxy) is 4. The highest BCUT2D eigenvalue weighted by molar-refractivity contribution is 5.90. The molecule has 0 spiro atoms. The van der Waals surface area contributed by atoms with E-state index in [9.17, 15) is 19.8 Å².